The van der Waals surface area contributed by atoms with Gasteiger partial charge in [-0.15, -0.1) is 0 Å². The summed E-state index contributed by atoms with van der Waals surface area (Å²) >= 11 is 0. The van der Waals surface area contributed by atoms with Crippen molar-refractivity contribution >= 4 is 0 Å². The zero-order chi connectivity index (χ0) is 16.9. The Labute approximate surface area is 144 Å². The molecule has 0 saturated carbocycles. The maximum Gasteiger partial charge on any atom is 0.147 e. The molecule has 0 bridgehead atoms. The predicted octanol–water partition coefficient (Wildman–Crippen LogP) is 0.443. The molecule has 2 aliphatic heterocycles. The lowest BCUT2D eigenvalue weighted by molar-refractivity contribution is -0.00189. The number of rotatable bonds is 6. The topological polar surface area (TPSA) is 66.7 Å². The lowest BCUT2D eigenvalue weighted by atomic mass is 10.0. The van der Waals surface area contributed by atoms with Gasteiger partial charge in [-0.3, -0.25) is 9.80 Å². The van der Waals surface area contributed by atoms with Crippen molar-refractivity contribution in [1.29, 1.82) is 0 Å². The molecular weight excluding hydrogens is 306 g/mol. The number of aryl methyl sites for hydroxylation is 2. The Balaban J connectivity index is 1.54. The zero-order valence-electron chi connectivity index (χ0n) is 15.0. The van der Waals surface area contributed by atoms with Gasteiger partial charge in [-0.1, -0.05) is 6.42 Å². The molecule has 0 aliphatic carbocycles. The maximum absolute atomic E-state index is 10.5. The van der Waals surface area contributed by atoms with Crippen LogP contribution in [0.4, 0.5) is 0 Å². The second-order valence-corrected chi connectivity index (χ2v) is 7.10. The summed E-state index contributed by atoms with van der Waals surface area (Å²) < 4.78 is 7.40. The normalized spacial score (nSPS) is 25.0. The maximum atomic E-state index is 10.5. The molecule has 2 aliphatic rings. The first kappa shape index (κ1) is 17.8. The lowest BCUT2D eigenvalue weighted by Gasteiger charge is -2.38. The molecule has 1 aromatic rings. The van der Waals surface area contributed by atoms with Crippen molar-refractivity contribution in [1.82, 2.24) is 24.6 Å². The summed E-state index contributed by atoms with van der Waals surface area (Å²) in [5.74, 6) is 1.81. The molecule has 2 saturated heterocycles. The van der Waals surface area contributed by atoms with Crippen molar-refractivity contribution in [2.45, 2.75) is 51.8 Å². The van der Waals surface area contributed by atoms with Gasteiger partial charge in [-0.05, 0) is 33.2 Å². The predicted molar refractivity (Wildman–Crippen MR) is 92.0 cm³/mol. The van der Waals surface area contributed by atoms with E-state index in [1.807, 2.05) is 18.5 Å². The van der Waals surface area contributed by atoms with Crippen LogP contribution in [0.25, 0.3) is 0 Å². The quantitative estimate of drug-likeness (QED) is 0.813. The molecule has 2 unspecified atom stereocenters. The number of aromatic nitrogens is 3. The lowest BCUT2D eigenvalue weighted by Crippen LogP contribution is -2.49. The molecule has 136 valence electrons. The van der Waals surface area contributed by atoms with Crippen LogP contribution in [0, 0.1) is 13.8 Å². The third-order valence-electron chi connectivity index (χ3n) is 5.11. The third-order valence-corrected chi connectivity index (χ3v) is 5.11. The first-order chi connectivity index (χ1) is 11.6. The van der Waals surface area contributed by atoms with E-state index >= 15 is 0 Å². The number of morpholine rings is 1. The highest BCUT2D eigenvalue weighted by Crippen LogP contribution is 2.19. The third kappa shape index (κ3) is 4.75. The fourth-order valence-electron chi connectivity index (χ4n) is 3.85. The van der Waals surface area contributed by atoms with E-state index in [0.29, 0.717) is 6.04 Å². The van der Waals surface area contributed by atoms with E-state index in [0.717, 1.165) is 64.1 Å². The molecule has 0 spiro atoms. The number of β-amino-alcohol motifs (C(OH)–C–C–N with tert-alkyl or cyclic N) is 1. The molecule has 0 aromatic carbocycles. The van der Waals surface area contributed by atoms with Crippen molar-refractivity contribution in [3.63, 3.8) is 0 Å². The van der Waals surface area contributed by atoms with Crippen molar-refractivity contribution in [3.8, 4) is 0 Å². The van der Waals surface area contributed by atoms with Crippen LogP contribution in [-0.2, 0) is 11.3 Å². The highest BCUT2D eigenvalue weighted by atomic mass is 16.5. The van der Waals surface area contributed by atoms with Crippen molar-refractivity contribution < 1.29 is 9.84 Å². The minimum absolute atomic E-state index is 0.303. The van der Waals surface area contributed by atoms with Crippen LogP contribution >= 0.6 is 0 Å². The average Bonchev–Trinajstić information content (AvgIpc) is 2.87. The summed E-state index contributed by atoms with van der Waals surface area (Å²) in [5, 5.41) is 15.0. The van der Waals surface area contributed by atoms with Crippen molar-refractivity contribution in [2.75, 3.05) is 45.9 Å². The Kier molecular flexibility index (Phi) is 6.21. The molecule has 7 nitrogen and oxygen atoms in total. The van der Waals surface area contributed by atoms with E-state index in [1.165, 1.54) is 19.3 Å². The van der Waals surface area contributed by atoms with Gasteiger partial charge in [-0.25, -0.2) is 9.67 Å². The van der Waals surface area contributed by atoms with E-state index in [-0.39, 0.29) is 6.10 Å². The fraction of sp³-hybridized carbons (Fsp3) is 0.882. The number of piperidine rings is 1. The van der Waals surface area contributed by atoms with Crippen molar-refractivity contribution in [2.24, 2.45) is 0 Å². The first-order valence-corrected chi connectivity index (χ1v) is 9.22. The highest BCUT2D eigenvalue weighted by Gasteiger charge is 2.26. The molecule has 2 fully saturated rings. The first-order valence-electron chi connectivity index (χ1n) is 9.22. The standard InChI is InChI=1S/C17H31N5O2/c1-14-18-15(2)22(19-14)11-16-5-3-4-6-21(16)13-17(23)12-20-7-9-24-10-8-20/h16-17,23H,3-13H2,1-2H3. The number of ether oxygens (including phenoxy) is 1. The molecule has 3 rings (SSSR count). The summed E-state index contributed by atoms with van der Waals surface area (Å²) in [6.45, 7) is 10.8. The number of hydrogen-bond acceptors (Lipinski definition) is 6. The fourth-order valence-corrected chi connectivity index (χ4v) is 3.85. The van der Waals surface area contributed by atoms with Crippen LogP contribution in [0.5, 0.6) is 0 Å². The van der Waals surface area contributed by atoms with E-state index in [1.54, 1.807) is 0 Å². The number of likely N-dealkylation sites (tertiary alicyclic amines) is 1. The molecule has 0 amide bonds. The van der Waals surface area contributed by atoms with Gasteiger partial charge in [0.05, 0.1) is 25.9 Å². The summed E-state index contributed by atoms with van der Waals surface area (Å²) in [5.41, 5.74) is 0. The SMILES string of the molecule is Cc1nc(C)n(CC2CCCCN2CC(O)CN2CCOCC2)n1. The van der Waals surface area contributed by atoms with Crippen LogP contribution in [0.3, 0.4) is 0 Å². The summed E-state index contributed by atoms with van der Waals surface area (Å²) in [4.78, 5) is 9.16. The molecule has 3 heterocycles. The Hall–Kier alpha value is -1.02. The second kappa shape index (κ2) is 8.38. The summed E-state index contributed by atoms with van der Waals surface area (Å²) in [7, 11) is 0. The monoisotopic (exact) mass is 337 g/mol. The smallest absolute Gasteiger partial charge is 0.147 e. The second-order valence-electron chi connectivity index (χ2n) is 7.10. The minimum Gasteiger partial charge on any atom is -0.390 e. The summed E-state index contributed by atoms with van der Waals surface area (Å²) in [6.07, 6.45) is 3.34. The van der Waals surface area contributed by atoms with Gasteiger partial charge >= 0.3 is 0 Å². The van der Waals surface area contributed by atoms with E-state index in [4.69, 9.17) is 4.74 Å². The van der Waals surface area contributed by atoms with Gasteiger partial charge in [0.1, 0.15) is 11.6 Å². The van der Waals surface area contributed by atoms with Gasteiger partial charge in [-0.2, -0.15) is 5.10 Å². The number of aliphatic hydroxyl groups excluding tert-OH is 1. The van der Waals surface area contributed by atoms with E-state index in [9.17, 15) is 5.11 Å². The van der Waals surface area contributed by atoms with Gasteiger partial charge in [0.15, 0.2) is 0 Å². The number of nitrogens with zero attached hydrogens (tertiary/aromatic N) is 5. The van der Waals surface area contributed by atoms with E-state index in [2.05, 4.69) is 19.9 Å². The molecule has 1 N–H and O–H groups in total. The Morgan fingerprint density at radius 1 is 1.17 bits per heavy atom. The van der Waals surface area contributed by atoms with E-state index < -0.39 is 0 Å². The van der Waals surface area contributed by atoms with Gasteiger partial charge < -0.3 is 9.84 Å². The molecular formula is C17H31N5O2. The van der Waals surface area contributed by atoms with Crippen LogP contribution in [-0.4, -0.2) is 87.8 Å². The number of aliphatic hydroxyl groups is 1. The van der Waals surface area contributed by atoms with Gasteiger partial charge in [0.2, 0.25) is 0 Å². The Morgan fingerprint density at radius 3 is 2.67 bits per heavy atom. The van der Waals surface area contributed by atoms with Crippen molar-refractivity contribution in [3.05, 3.63) is 11.6 Å². The minimum atomic E-state index is -0.303. The number of hydrogen-bond donors (Lipinski definition) is 1. The largest absolute Gasteiger partial charge is 0.390 e. The van der Waals surface area contributed by atoms with Crippen LogP contribution in [0.15, 0.2) is 0 Å². The van der Waals surface area contributed by atoms with Gasteiger partial charge in [0, 0.05) is 32.2 Å². The van der Waals surface area contributed by atoms with Crippen LogP contribution < -0.4 is 0 Å². The molecule has 0 radical (unpaired) electrons. The Bertz CT molecular complexity index is 515. The average molecular weight is 337 g/mol. The summed E-state index contributed by atoms with van der Waals surface area (Å²) in [6, 6.07) is 0.442. The molecule has 7 heteroatoms. The van der Waals surface area contributed by atoms with Crippen LogP contribution in [0.1, 0.15) is 30.9 Å². The molecule has 24 heavy (non-hydrogen) atoms. The van der Waals surface area contributed by atoms with Crippen LogP contribution in [0.2, 0.25) is 0 Å². The highest BCUT2D eigenvalue weighted by molar-refractivity contribution is 4.90. The molecule has 1 aromatic heterocycles. The molecule has 2 atom stereocenters. The zero-order valence-corrected chi connectivity index (χ0v) is 15.0. The van der Waals surface area contributed by atoms with Gasteiger partial charge in [0.25, 0.3) is 0 Å². The Morgan fingerprint density at radius 2 is 1.96 bits per heavy atom.